The van der Waals surface area contributed by atoms with Gasteiger partial charge in [-0.15, -0.1) is 0 Å². The SMILES string of the molecule is COCOc1cc(OC)cc2cc(O)cc(O)c12. The Balaban J connectivity index is 2.64. The Kier molecular flexibility index (Phi) is 3.43. The zero-order valence-corrected chi connectivity index (χ0v) is 10.1. The molecule has 0 saturated carbocycles. The predicted octanol–water partition coefficient (Wildman–Crippen LogP) is 2.24. The molecular weight excluding hydrogens is 236 g/mol. The molecule has 0 saturated heterocycles. The maximum Gasteiger partial charge on any atom is 0.188 e. The van der Waals surface area contributed by atoms with Gasteiger partial charge in [-0.2, -0.15) is 0 Å². The number of hydrogen-bond acceptors (Lipinski definition) is 5. The molecule has 0 aliphatic rings. The second-order valence-corrected chi connectivity index (χ2v) is 3.74. The van der Waals surface area contributed by atoms with Crippen LogP contribution in [0.3, 0.4) is 0 Å². The number of ether oxygens (including phenoxy) is 3. The predicted molar refractivity (Wildman–Crippen MR) is 66.3 cm³/mol. The van der Waals surface area contributed by atoms with Gasteiger partial charge >= 0.3 is 0 Å². The Labute approximate surface area is 104 Å². The first-order valence-corrected chi connectivity index (χ1v) is 5.31. The second-order valence-electron chi connectivity index (χ2n) is 3.74. The van der Waals surface area contributed by atoms with Gasteiger partial charge in [-0.3, -0.25) is 0 Å². The van der Waals surface area contributed by atoms with Crippen LogP contribution in [0.1, 0.15) is 0 Å². The Morgan fingerprint density at radius 3 is 2.50 bits per heavy atom. The zero-order valence-electron chi connectivity index (χ0n) is 10.1. The van der Waals surface area contributed by atoms with E-state index in [1.54, 1.807) is 12.1 Å². The Morgan fingerprint density at radius 2 is 1.83 bits per heavy atom. The van der Waals surface area contributed by atoms with Crippen LogP contribution in [0.4, 0.5) is 0 Å². The van der Waals surface area contributed by atoms with Crippen LogP contribution >= 0.6 is 0 Å². The van der Waals surface area contributed by atoms with E-state index in [1.165, 1.54) is 26.4 Å². The monoisotopic (exact) mass is 250 g/mol. The molecule has 2 rings (SSSR count). The molecule has 0 radical (unpaired) electrons. The summed E-state index contributed by atoms with van der Waals surface area (Å²) in [5.74, 6) is 0.923. The van der Waals surface area contributed by atoms with Crippen molar-refractivity contribution < 1.29 is 24.4 Å². The topological polar surface area (TPSA) is 68.2 Å². The number of phenols is 2. The first-order chi connectivity index (χ1) is 8.65. The normalized spacial score (nSPS) is 10.6. The van der Waals surface area contributed by atoms with Crippen LogP contribution in [0, 0.1) is 0 Å². The molecule has 5 heteroatoms. The van der Waals surface area contributed by atoms with E-state index in [0.29, 0.717) is 22.3 Å². The van der Waals surface area contributed by atoms with Crippen LogP contribution in [0.25, 0.3) is 10.8 Å². The van der Waals surface area contributed by atoms with E-state index in [4.69, 9.17) is 14.2 Å². The van der Waals surface area contributed by atoms with Crippen LogP contribution in [0.5, 0.6) is 23.0 Å². The number of phenolic OH excluding ortho intramolecular Hbond substituents is 2. The van der Waals surface area contributed by atoms with Gasteiger partial charge in [-0.25, -0.2) is 0 Å². The van der Waals surface area contributed by atoms with Gasteiger partial charge in [0.05, 0.1) is 12.5 Å². The molecule has 0 fully saturated rings. The van der Waals surface area contributed by atoms with Crippen molar-refractivity contribution in [2.24, 2.45) is 0 Å². The zero-order chi connectivity index (χ0) is 13.1. The van der Waals surface area contributed by atoms with E-state index in [-0.39, 0.29) is 18.3 Å². The maximum absolute atomic E-state index is 9.87. The van der Waals surface area contributed by atoms with Gasteiger partial charge in [0, 0.05) is 19.2 Å². The number of fused-ring (bicyclic) bond motifs is 1. The summed E-state index contributed by atoms with van der Waals surface area (Å²) >= 11 is 0. The molecule has 0 bridgehead atoms. The molecule has 0 aliphatic heterocycles. The lowest BCUT2D eigenvalue weighted by Crippen LogP contribution is -2.00. The third-order valence-electron chi connectivity index (χ3n) is 2.52. The molecule has 0 unspecified atom stereocenters. The van der Waals surface area contributed by atoms with Crippen LogP contribution in [0.15, 0.2) is 24.3 Å². The molecule has 0 spiro atoms. The third kappa shape index (κ3) is 2.26. The molecule has 96 valence electrons. The van der Waals surface area contributed by atoms with E-state index in [1.807, 2.05) is 0 Å². The van der Waals surface area contributed by atoms with Gasteiger partial charge in [-0.05, 0) is 17.5 Å². The highest BCUT2D eigenvalue weighted by molar-refractivity contribution is 5.95. The fraction of sp³-hybridized carbons (Fsp3) is 0.231. The summed E-state index contributed by atoms with van der Waals surface area (Å²) in [5, 5.41) is 20.5. The van der Waals surface area contributed by atoms with Gasteiger partial charge in [0.1, 0.15) is 23.0 Å². The first-order valence-electron chi connectivity index (χ1n) is 5.31. The number of hydrogen-bond donors (Lipinski definition) is 2. The van der Waals surface area contributed by atoms with Gasteiger partial charge in [0.2, 0.25) is 0 Å². The van der Waals surface area contributed by atoms with E-state index >= 15 is 0 Å². The van der Waals surface area contributed by atoms with Crippen molar-refractivity contribution in [3.63, 3.8) is 0 Å². The van der Waals surface area contributed by atoms with E-state index in [9.17, 15) is 10.2 Å². The molecule has 2 aromatic rings. The van der Waals surface area contributed by atoms with E-state index in [0.717, 1.165) is 0 Å². The van der Waals surface area contributed by atoms with Crippen molar-refractivity contribution in [1.29, 1.82) is 0 Å². The van der Waals surface area contributed by atoms with E-state index in [2.05, 4.69) is 0 Å². The van der Waals surface area contributed by atoms with Crippen molar-refractivity contribution in [3.8, 4) is 23.0 Å². The Hall–Kier alpha value is -2.14. The number of aromatic hydroxyl groups is 2. The number of benzene rings is 2. The van der Waals surface area contributed by atoms with Crippen molar-refractivity contribution in [1.82, 2.24) is 0 Å². The van der Waals surface area contributed by atoms with Crippen LogP contribution in [0.2, 0.25) is 0 Å². The summed E-state index contributed by atoms with van der Waals surface area (Å²) in [6.07, 6.45) is 0. The fourth-order valence-corrected chi connectivity index (χ4v) is 1.77. The maximum atomic E-state index is 9.87. The Morgan fingerprint density at radius 1 is 1.06 bits per heavy atom. The van der Waals surface area contributed by atoms with Crippen molar-refractivity contribution in [2.45, 2.75) is 0 Å². The molecule has 0 aromatic heterocycles. The lowest BCUT2D eigenvalue weighted by Gasteiger charge is -2.12. The molecule has 2 aromatic carbocycles. The molecule has 0 amide bonds. The minimum Gasteiger partial charge on any atom is -0.508 e. The van der Waals surface area contributed by atoms with Crippen LogP contribution in [-0.4, -0.2) is 31.2 Å². The van der Waals surface area contributed by atoms with Gasteiger partial charge in [0.15, 0.2) is 6.79 Å². The highest BCUT2D eigenvalue weighted by atomic mass is 16.7. The highest BCUT2D eigenvalue weighted by Gasteiger charge is 2.11. The van der Waals surface area contributed by atoms with Gasteiger partial charge in [0.25, 0.3) is 0 Å². The Bertz CT molecular complexity index is 565. The second kappa shape index (κ2) is 5.01. The fourth-order valence-electron chi connectivity index (χ4n) is 1.77. The molecule has 0 atom stereocenters. The smallest absolute Gasteiger partial charge is 0.188 e. The average molecular weight is 250 g/mol. The molecule has 5 nitrogen and oxygen atoms in total. The van der Waals surface area contributed by atoms with E-state index < -0.39 is 0 Å². The quantitative estimate of drug-likeness (QED) is 0.814. The minimum absolute atomic E-state index is 0.0223. The molecule has 18 heavy (non-hydrogen) atoms. The minimum atomic E-state index is -0.0567. The lowest BCUT2D eigenvalue weighted by atomic mass is 10.1. The van der Waals surface area contributed by atoms with Gasteiger partial charge in [-0.1, -0.05) is 0 Å². The summed E-state index contributed by atoms with van der Waals surface area (Å²) < 4.78 is 15.4. The largest absolute Gasteiger partial charge is 0.508 e. The summed E-state index contributed by atoms with van der Waals surface area (Å²) in [6, 6.07) is 6.14. The third-order valence-corrected chi connectivity index (χ3v) is 2.52. The highest BCUT2D eigenvalue weighted by Crippen LogP contribution is 2.39. The average Bonchev–Trinajstić information content (AvgIpc) is 2.34. The van der Waals surface area contributed by atoms with Gasteiger partial charge < -0.3 is 24.4 Å². The van der Waals surface area contributed by atoms with Crippen LogP contribution in [-0.2, 0) is 4.74 Å². The van der Waals surface area contributed by atoms with Crippen molar-refractivity contribution in [2.75, 3.05) is 21.0 Å². The summed E-state index contributed by atoms with van der Waals surface area (Å²) in [7, 11) is 3.04. The standard InChI is InChI=1S/C13H14O5/c1-16-7-18-12-6-10(17-2)4-8-3-9(14)5-11(15)13(8)12/h3-6,14-15H,7H2,1-2H3. The summed E-state index contributed by atoms with van der Waals surface area (Å²) in [6.45, 7) is 0.0581. The lowest BCUT2D eigenvalue weighted by molar-refractivity contribution is 0.0520. The molecular formula is C13H14O5. The number of methoxy groups -OCH3 is 2. The molecule has 0 heterocycles. The summed E-state index contributed by atoms with van der Waals surface area (Å²) in [4.78, 5) is 0. The van der Waals surface area contributed by atoms with Crippen molar-refractivity contribution in [3.05, 3.63) is 24.3 Å². The molecule has 0 aliphatic carbocycles. The van der Waals surface area contributed by atoms with Crippen molar-refractivity contribution >= 4 is 10.8 Å². The first kappa shape index (κ1) is 12.3. The summed E-state index contributed by atoms with van der Waals surface area (Å²) in [5.41, 5.74) is 0. The number of rotatable bonds is 4. The van der Waals surface area contributed by atoms with Crippen LogP contribution < -0.4 is 9.47 Å². The molecule has 2 N–H and O–H groups in total.